The third-order valence-corrected chi connectivity index (χ3v) is 5.39. The van der Waals surface area contributed by atoms with Crippen LogP contribution in [-0.2, 0) is 6.42 Å². The van der Waals surface area contributed by atoms with Crippen molar-refractivity contribution in [2.75, 3.05) is 47.9 Å². The van der Waals surface area contributed by atoms with Gasteiger partial charge < -0.3 is 29.7 Å². The van der Waals surface area contributed by atoms with Crippen LogP contribution in [0.15, 0.2) is 47.5 Å². The lowest BCUT2D eigenvalue weighted by Crippen LogP contribution is -2.42. The van der Waals surface area contributed by atoms with Gasteiger partial charge in [0.05, 0.1) is 33.4 Å². The lowest BCUT2D eigenvalue weighted by atomic mass is 10.1. The molecule has 0 aliphatic carbocycles. The number of benzene rings is 2. The number of para-hydroxylation sites is 1. The van der Waals surface area contributed by atoms with Crippen LogP contribution >= 0.6 is 0 Å². The number of ether oxygens (including phenoxy) is 3. The SMILES string of the molecule is CCNC(=NCC(c1ccc(OC)c(OC)c1)N(C)C)NCC1Cc2ccccc2O1. The molecule has 0 aromatic heterocycles. The van der Waals surface area contributed by atoms with Crippen LogP contribution < -0.4 is 24.8 Å². The van der Waals surface area contributed by atoms with Crippen LogP contribution in [0.2, 0.25) is 0 Å². The Morgan fingerprint density at radius 2 is 1.90 bits per heavy atom. The first kappa shape index (κ1) is 22.7. The molecule has 0 saturated carbocycles. The summed E-state index contributed by atoms with van der Waals surface area (Å²) in [4.78, 5) is 7.00. The molecule has 2 N–H and O–H groups in total. The standard InChI is InChI=1S/C24H34N4O3/c1-6-25-24(26-15-19-13-18-9-7-8-10-21(18)31-19)27-16-20(28(2)3)17-11-12-22(29-4)23(14-17)30-5/h7-12,14,19-20H,6,13,15-16H2,1-5H3,(H2,25,26,27). The van der Waals surface area contributed by atoms with Crippen molar-refractivity contribution >= 4 is 5.96 Å². The Morgan fingerprint density at radius 3 is 2.58 bits per heavy atom. The van der Waals surface area contributed by atoms with Gasteiger partial charge in [-0.15, -0.1) is 0 Å². The average Bonchev–Trinajstić information content (AvgIpc) is 3.20. The summed E-state index contributed by atoms with van der Waals surface area (Å²) < 4.78 is 16.9. The number of guanidine groups is 1. The van der Waals surface area contributed by atoms with Gasteiger partial charge in [-0.25, -0.2) is 0 Å². The summed E-state index contributed by atoms with van der Waals surface area (Å²) in [6, 6.07) is 14.3. The smallest absolute Gasteiger partial charge is 0.191 e. The highest BCUT2D eigenvalue weighted by atomic mass is 16.5. The van der Waals surface area contributed by atoms with Crippen molar-refractivity contribution in [1.29, 1.82) is 0 Å². The third kappa shape index (κ3) is 5.82. The van der Waals surface area contributed by atoms with Crippen molar-refractivity contribution in [2.45, 2.75) is 25.5 Å². The Bertz CT molecular complexity index is 860. The zero-order chi connectivity index (χ0) is 22.2. The van der Waals surface area contributed by atoms with Crippen molar-refractivity contribution in [3.63, 3.8) is 0 Å². The van der Waals surface area contributed by atoms with E-state index in [1.165, 1.54) is 5.56 Å². The summed E-state index contributed by atoms with van der Waals surface area (Å²) >= 11 is 0. The molecule has 0 bridgehead atoms. The van der Waals surface area contributed by atoms with Crippen LogP contribution in [0.5, 0.6) is 17.2 Å². The van der Waals surface area contributed by atoms with E-state index in [9.17, 15) is 0 Å². The Hall–Kier alpha value is -2.93. The van der Waals surface area contributed by atoms with E-state index in [0.717, 1.165) is 41.7 Å². The van der Waals surface area contributed by atoms with Crippen molar-refractivity contribution in [1.82, 2.24) is 15.5 Å². The second-order valence-electron chi connectivity index (χ2n) is 7.75. The summed E-state index contributed by atoms with van der Waals surface area (Å²) in [6.45, 7) is 4.16. The summed E-state index contributed by atoms with van der Waals surface area (Å²) in [6.07, 6.45) is 1.02. The second-order valence-corrected chi connectivity index (χ2v) is 7.75. The molecule has 7 nitrogen and oxygen atoms in total. The summed E-state index contributed by atoms with van der Waals surface area (Å²) in [5.74, 6) is 3.21. The van der Waals surface area contributed by atoms with Crippen LogP contribution in [0.25, 0.3) is 0 Å². The van der Waals surface area contributed by atoms with E-state index < -0.39 is 0 Å². The Kier molecular flexibility index (Phi) is 8.00. The normalized spacial score (nSPS) is 16.5. The fourth-order valence-corrected chi connectivity index (χ4v) is 3.72. The highest BCUT2D eigenvalue weighted by Gasteiger charge is 2.22. The van der Waals surface area contributed by atoms with Crippen LogP contribution in [-0.4, -0.2) is 64.9 Å². The minimum Gasteiger partial charge on any atom is -0.493 e. The second kappa shape index (κ2) is 10.9. The maximum absolute atomic E-state index is 6.04. The van der Waals surface area contributed by atoms with Gasteiger partial charge in [-0.05, 0) is 50.3 Å². The predicted octanol–water partition coefficient (Wildman–Crippen LogP) is 2.87. The summed E-state index contributed by atoms with van der Waals surface area (Å²) in [5.41, 5.74) is 2.38. The van der Waals surface area contributed by atoms with Gasteiger partial charge in [0.25, 0.3) is 0 Å². The minimum absolute atomic E-state index is 0.0993. The molecule has 1 aliphatic heterocycles. The van der Waals surface area contributed by atoms with Gasteiger partial charge in [-0.1, -0.05) is 24.3 Å². The predicted molar refractivity (Wildman–Crippen MR) is 125 cm³/mol. The molecule has 1 aliphatic rings. The summed E-state index contributed by atoms with van der Waals surface area (Å²) in [7, 11) is 7.41. The highest BCUT2D eigenvalue weighted by molar-refractivity contribution is 5.79. The van der Waals surface area contributed by atoms with E-state index in [2.05, 4.69) is 54.8 Å². The Balaban J connectivity index is 1.66. The highest BCUT2D eigenvalue weighted by Crippen LogP contribution is 2.31. The average molecular weight is 427 g/mol. The molecule has 2 aromatic rings. The van der Waals surface area contributed by atoms with Gasteiger partial charge in [-0.3, -0.25) is 4.99 Å². The number of hydrogen-bond acceptors (Lipinski definition) is 5. The first-order valence-electron chi connectivity index (χ1n) is 10.7. The fourth-order valence-electron chi connectivity index (χ4n) is 3.72. The Morgan fingerprint density at radius 1 is 1.13 bits per heavy atom. The largest absolute Gasteiger partial charge is 0.493 e. The molecule has 31 heavy (non-hydrogen) atoms. The molecule has 0 amide bonds. The number of fused-ring (bicyclic) bond motifs is 1. The minimum atomic E-state index is 0.0993. The fraction of sp³-hybridized carbons (Fsp3) is 0.458. The molecule has 0 radical (unpaired) electrons. The lowest BCUT2D eigenvalue weighted by Gasteiger charge is -2.24. The van der Waals surface area contributed by atoms with Crippen LogP contribution in [0, 0.1) is 0 Å². The number of hydrogen-bond donors (Lipinski definition) is 2. The van der Waals surface area contributed by atoms with E-state index in [1.807, 2.05) is 24.3 Å². The zero-order valence-electron chi connectivity index (χ0n) is 19.1. The number of likely N-dealkylation sites (N-methyl/N-ethyl adjacent to an activating group) is 1. The summed E-state index contributed by atoms with van der Waals surface area (Å²) in [5, 5.41) is 6.77. The monoisotopic (exact) mass is 426 g/mol. The van der Waals surface area contributed by atoms with Gasteiger partial charge in [0, 0.05) is 13.0 Å². The molecule has 0 fully saturated rings. The molecule has 7 heteroatoms. The first-order chi connectivity index (χ1) is 15.0. The molecule has 2 unspecified atom stereocenters. The van der Waals surface area contributed by atoms with Gasteiger partial charge in [0.2, 0.25) is 0 Å². The molecule has 2 aromatic carbocycles. The zero-order valence-corrected chi connectivity index (χ0v) is 19.1. The van der Waals surface area contributed by atoms with Gasteiger partial charge >= 0.3 is 0 Å². The molecule has 0 saturated heterocycles. The molecule has 168 valence electrons. The number of nitrogens with zero attached hydrogens (tertiary/aromatic N) is 2. The molecule has 0 spiro atoms. The van der Waals surface area contributed by atoms with E-state index in [0.29, 0.717) is 13.1 Å². The molecular weight excluding hydrogens is 392 g/mol. The van der Waals surface area contributed by atoms with Crippen LogP contribution in [0.3, 0.4) is 0 Å². The van der Waals surface area contributed by atoms with Crippen molar-refractivity contribution in [3.05, 3.63) is 53.6 Å². The number of aliphatic imine (C=N–C) groups is 1. The third-order valence-electron chi connectivity index (χ3n) is 5.39. The molecular formula is C24H34N4O3. The van der Waals surface area contributed by atoms with E-state index in [4.69, 9.17) is 19.2 Å². The van der Waals surface area contributed by atoms with Gasteiger partial charge in [0.15, 0.2) is 17.5 Å². The molecule has 3 rings (SSSR count). The first-order valence-corrected chi connectivity index (χ1v) is 10.7. The number of methoxy groups -OCH3 is 2. The quantitative estimate of drug-likeness (QED) is 0.475. The Labute approximate surface area is 185 Å². The van der Waals surface area contributed by atoms with Crippen LogP contribution in [0.1, 0.15) is 24.1 Å². The maximum atomic E-state index is 6.04. The molecule has 1 heterocycles. The van der Waals surface area contributed by atoms with E-state index in [-0.39, 0.29) is 12.1 Å². The van der Waals surface area contributed by atoms with Gasteiger partial charge in [0.1, 0.15) is 11.9 Å². The maximum Gasteiger partial charge on any atom is 0.191 e. The van der Waals surface area contributed by atoms with Gasteiger partial charge in [-0.2, -0.15) is 0 Å². The van der Waals surface area contributed by atoms with Crippen LogP contribution in [0.4, 0.5) is 0 Å². The van der Waals surface area contributed by atoms with E-state index in [1.54, 1.807) is 14.2 Å². The topological polar surface area (TPSA) is 67.4 Å². The van der Waals surface area contributed by atoms with Crippen molar-refractivity contribution < 1.29 is 14.2 Å². The van der Waals surface area contributed by atoms with Crippen molar-refractivity contribution in [2.24, 2.45) is 4.99 Å². The number of rotatable bonds is 9. The number of nitrogens with one attached hydrogen (secondary N) is 2. The molecule has 2 atom stereocenters. The lowest BCUT2D eigenvalue weighted by molar-refractivity contribution is 0.234. The van der Waals surface area contributed by atoms with Crippen molar-refractivity contribution in [3.8, 4) is 17.2 Å². The van der Waals surface area contributed by atoms with E-state index >= 15 is 0 Å².